The van der Waals surface area contributed by atoms with Crippen LogP contribution in [0.4, 0.5) is 19.1 Å². The van der Waals surface area contributed by atoms with Crippen molar-refractivity contribution in [3.8, 4) is 17.1 Å². The molecule has 2 atom stereocenters. The standard InChI is InChI=1S/C20H21F3N6O3/c1-10-7-15(29(2)28-10)17(20(21,22)23)32-16-9-14(26-19(25)27-16)12-5-3-11(4-6-12)8-13(24)18(30)31/h3-7,9,13,17H,8,24H2,1-2H3,(H,30,31)(H2,25,26,27)/t13-,17?/m0/s1. The van der Waals surface area contributed by atoms with Crippen molar-refractivity contribution in [2.24, 2.45) is 12.8 Å². The van der Waals surface area contributed by atoms with Crippen molar-refractivity contribution in [3.63, 3.8) is 0 Å². The lowest BCUT2D eigenvalue weighted by molar-refractivity contribution is -0.200. The molecule has 32 heavy (non-hydrogen) atoms. The number of hydrogen-bond donors (Lipinski definition) is 3. The van der Waals surface area contributed by atoms with Crippen LogP contribution in [0.25, 0.3) is 11.3 Å². The Morgan fingerprint density at radius 1 is 1.22 bits per heavy atom. The highest BCUT2D eigenvalue weighted by atomic mass is 19.4. The molecule has 1 unspecified atom stereocenters. The first-order valence-electron chi connectivity index (χ1n) is 9.40. The van der Waals surface area contributed by atoms with Crippen molar-refractivity contribution in [1.29, 1.82) is 0 Å². The summed E-state index contributed by atoms with van der Waals surface area (Å²) in [7, 11) is 1.39. The van der Waals surface area contributed by atoms with Crippen LogP contribution in [0.1, 0.15) is 23.1 Å². The second-order valence-electron chi connectivity index (χ2n) is 7.17. The zero-order valence-corrected chi connectivity index (χ0v) is 17.2. The number of aliphatic carboxylic acids is 1. The monoisotopic (exact) mass is 450 g/mol. The van der Waals surface area contributed by atoms with Crippen LogP contribution in [0, 0.1) is 6.92 Å². The highest BCUT2D eigenvalue weighted by Crippen LogP contribution is 2.37. The molecule has 1 aromatic carbocycles. The Labute approximate surface area is 180 Å². The lowest BCUT2D eigenvalue weighted by Gasteiger charge is -2.21. The molecule has 12 heteroatoms. The summed E-state index contributed by atoms with van der Waals surface area (Å²) in [5.74, 6) is -1.75. The van der Waals surface area contributed by atoms with Crippen LogP contribution < -0.4 is 16.2 Å². The summed E-state index contributed by atoms with van der Waals surface area (Å²) in [5, 5.41) is 12.9. The van der Waals surface area contributed by atoms with Gasteiger partial charge >= 0.3 is 12.1 Å². The van der Waals surface area contributed by atoms with Gasteiger partial charge in [-0.05, 0) is 25.0 Å². The molecule has 0 aliphatic heterocycles. The van der Waals surface area contributed by atoms with E-state index in [9.17, 15) is 18.0 Å². The van der Waals surface area contributed by atoms with E-state index in [2.05, 4.69) is 15.1 Å². The van der Waals surface area contributed by atoms with Crippen molar-refractivity contribution < 1.29 is 27.8 Å². The van der Waals surface area contributed by atoms with Crippen molar-refractivity contribution in [1.82, 2.24) is 19.7 Å². The van der Waals surface area contributed by atoms with E-state index in [-0.39, 0.29) is 29.6 Å². The molecule has 3 rings (SSSR count). The fourth-order valence-corrected chi connectivity index (χ4v) is 3.10. The summed E-state index contributed by atoms with van der Waals surface area (Å²) in [6, 6.07) is 8.02. The predicted octanol–water partition coefficient (Wildman–Crippen LogP) is 2.40. The van der Waals surface area contributed by atoms with Gasteiger partial charge < -0.3 is 21.3 Å². The largest absolute Gasteiger partial charge is 0.480 e. The third kappa shape index (κ3) is 5.32. The second kappa shape index (κ2) is 8.83. The topological polar surface area (TPSA) is 142 Å². The van der Waals surface area contributed by atoms with Crippen LogP contribution in [0.15, 0.2) is 36.4 Å². The van der Waals surface area contributed by atoms with E-state index < -0.39 is 24.3 Å². The Hall–Kier alpha value is -3.67. The van der Waals surface area contributed by atoms with Crippen LogP contribution in [-0.4, -0.2) is 43.0 Å². The molecule has 3 aromatic rings. The lowest BCUT2D eigenvalue weighted by Crippen LogP contribution is -2.32. The van der Waals surface area contributed by atoms with Gasteiger partial charge in [-0.15, -0.1) is 0 Å². The maximum absolute atomic E-state index is 13.7. The molecule has 0 aliphatic rings. The van der Waals surface area contributed by atoms with E-state index in [4.69, 9.17) is 21.3 Å². The molecule has 0 aliphatic carbocycles. The molecule has 170 valence electrons. The third-order valence-corrected chi connectivity index (χ3v) is 4.59. The number of benzene rings is 1. The van der Waals surface area contributed by atoms with E-state index in [1.54, 1.807) is 31.2 Å². The molecule has 0 bridgehead atoms. The highest BCUT2D eigenvalue weighted by molar-refractivity contribution is 5.73. The molecule has 0 fully saturated rings. The van der Waals surface area contributed by atoms with Crippen LogP contribution in [0.5, 0.6) is 5.88 Å². The first kappa shape index (κ1) is 23.0. The Morgan fingerprint density at radius 3 is 2.41 bits per heavy atom. The summed E-state index contributed by atoms with van der Waals surface area (Å²) in [6.45, 7) is 1.57. The molecular weight excluding hydrogens is 429 g/mol. The number of aromatic nitrogens is 4. The molecule has 0 radical (unpaired) electrons. The Kier molecular flexibility index (Phi) is 6.35. The number of halogens is 3. The van der Waals surface area contributed by atoms with Crippen LogP contribution >= 0.6 is 0 Å². The zero-order valence-electron chi connectivity index (χ0n) is 17.2. The average Bonchev–Trinajstić information content (AvgIpc) is 3.02. The Balaban J connectivity index is 1.89. The molecule has 0 saturated carbocycles. The fraction of sp³-hybridized carbons (Fsp3) is 0.300. The van der Waals surface area contributed by atoms with Gasteiger partial charge in [0.25, 0.3) is 0 Å². The normalized spacial score (nSPS) is 13.6. The molecule has 0 amide bonds. The number of anilines is 1. The number of hydrogen-bond acceptors (Lipinski definition) is 7. The van der Waals surface area contributed by atoms with E-state index in [0.717, 1.165) is 4.68 Å². The molecule has 5 N–H and O–H groups in total. The summed E-state index contributed by atoms with van der Waals surface area (Å²) in [6.07, 6.45) is -6.92. The van der Waals surface area contributed by atoms with Crippen molar-refractivity contribution in [2.75, 3.05) is 5.73 Å². The van der Waals surface area contributed by atoms with Gasteiger partial charge in [-0.3, -0.25) is 9.48 Å². The number of carboxylic acid groups (broad SMARTS) is 1. The lowest BCUT2D eigenvalue weighted by atomic mass is 10.0. The van der Waals surface area contributed by atoms with Crippen LogP contribution in [-0.2, 0) is 18.3 Å². The Bertz CT molecular complexity index is 1110. The third-order valence-electron chi connectivity index (χ3n) is 4.59. The minimum atomic E-state index is -4.73. The highest BCUT2D eigenvalue weighted by Gasteiger charge is 2.45. The second-order valence-corrected chi connectivity index (χ2v) is 7.17. The first-order chi connectivity index (χ1) is 14.9. The molecular formula is C20H21F3N6O3. The van der Waals surface area contributed by atoms with Gasteiger partial charge in [0.05, 0.1) is 17.1 Å². The number of rotatable bonds is 7. The van der Waals surface area contributed by atoms with Gasteiger partial charge in [-0.1, -0.05) is 24.3 Å². The number of nitrogens with zero attached hydrogens (tertiary/aromatic N) is 4. The number of nitrogens with two attached hydrogens (primary N) is 2. The number of aryl methyl sites for hydroxylation is 2. The quantitative estimate of drug-likeness (QED) is 0.498. The van der Waals surface area contributed by atoms with Crippen LogP contribution in [0.3, 0.4) is 0 Å². The van der Waals surface area contributed by atoms with Gasteiger partial charge in [0, 0.05) is 18.7 Å². The van der Waals surface area contributed by atoms with Gasteiger partial charge in [-0.2, -0.15) is 23.3 Å². The zero-order chi connectivity index (χ0) is 23.6. The summed E-state index contributed by atoms with van der Waals surface area (Å²) in [4.78, 5) is 18.7. The number of ether oxygens (including phenoxy) is 1. The van der Waals surface area contributed by atoms with Crippen LogP contribution in [0.2, 0.25) is 0 Å². The van der Waals surface area contributed by atoms with Crippen molar-refractivity contribution in [2.45, 2.75) is 31.7 Å². The first-order valence-corrected chi connectivity index (χ1v) is 9.40. The summed E-state index contributed by atoms with van der Waals surface area (Å²) >= 11 is 0. The number of alkyl halides is 3. The van der Waals surface area contributed by atoms with Gasteiger partial charge in [-0.25, -0.2) is 4.98 Å². The van der Waals surface area contributed by atoms with Gasteiger partial charge in [0.1, 0.15) is 6.04 Å². The van der Waals surface area contributed by atoms with E-state index in [1.807, 2.05) is 0 Å². The number of carbonyl (C=O) groups is 1. The van der Waals surface area contributed by atoms with Gasteiger partial charge in [0.2, 0.25) is 17.9 Å². The molecule has 0 spiro atoms. The number of nitrogen functional groups attached to an aromatic ring is 1. The molecule has 9 nitrogen and oxygen atoms in total. The van der Waals surface area contributed by atoms with Crippen molar-refractivity contribution in [3.05, 3.63) is 53.3 Å². The van der Waals surface area contributed by atoms with E-state index >= 15 is 0 Å². The molecule has 2 heterocycles. The molecule has 0 saturated heterocycles. The molecule has 2 aromatic heterocycles. The smallest absolute Gasteiger partial charge is 0.431 e. The average molecular weight is 450 g/mol. The predicted molar refractivity (Wildman–Crippen MR) is 109 cm³/mol. The van der Waals surface area contributed by atoms with Gasteiger partial charge in [0.15, 0.2) is 0 Å². The minimum absolute atomic E-state index is 0.118. The maximum Gasteiger partial charge on any atom is 0.431 e. The summed E-state index contributed by atoms with van der Waals surface area (Å²) < 4.78 is 47.5. The van der Waals surface area contributed by atoms with E-state index in [0.29, 0.717) is 16.8 Å². The SMILES string of the molecule is Cc1cc(C(Oc2cc(-c3ccc(C[C@H](N)C(=O)O)cc3)nc(N)n2)C(F)(F)F)n(C)n1. The Morgan fingerprint density at radius 2 is 1.88 bits per heavy atom. The fourth-order valence-electron chi connectivity index (χ4n) is 3.10. The maximum atomic E-state index is 13.7. The van der Waals surface area contributed by atoms with E-state index in [1.165, 1.54) is 19.2 Å². The summed E-state index contributed by atoms with van der Waals surface area (Å²) in [5.41, 5.74) is 12.9. The minimum Gasteiger partial charge on any atom is -0.480 e. The number of carboxylic acids is 1. The van der Waals surface area contributed by atoms with Crippen molar-refractivity contribution >= 4 is 11.9 Å².